The van der Waals surface area contributed by atoms with Gasteiger partial charge in [-0.25, -0.2) is 0 Å². The fourth-order valence-corrected chi connectivity index (χ4v) is 2.70. The summed E-state index contributed by atoms with van der Waals surface area (Å²) in [6.45, 7) is 10.1. The molecule has 0 aromatic carbocycles. The third kappa shape index (κ3) is 3.56. The van der Waals surface area contributed by atoms with Crippen LogP contribution in [0, 0.1) is 5.92 Å². The predicted molar refractivity (Wildman–Crippen MR) is 74.3 cm³/mol. The Balaban J connectivity index is 1.93. The topological polar surface area (TPSA) is 33.1 Å². The van der Waals surface area contributed by atoms with Gasteiger partial charge in [0.2, 0.25) is 0 Å². The van der Waals surface area contributed by atoms with Gasteiger partial charge >= 0.3 is 0 Å². The van der Waals surface area contributed by atoms with E-state index in [4.69, 9.17) is 0 Å². The monoisotopic (exact) mass is 250 g/mol. The van der Waals surface area contributed by atoms with Crippen molar-refractivity contribution < 1.29 is 0 Å². The van der Waals surface area contributed by atoms with E-state index >= 15 is 0 Å². The SMILES string of the molecule is CC(C)CC1CN(Cc2ccn(C)n2)C(C)CN1. The highest BCUT2D eigenvalue weighted by atomic mass is 15.3. The molecule has 0 saturated carbocycles. The Bertz CT molecular complexity index is 372. The van der Waals surface area contributed by atoms with Gasteiger partial charge in [-0.2, -0.15) is 5.10 Å². The van der Waals surface area contributed by atoms with E-state index in [1.165, 1.54) is 12.1 Å². The lowest BCUT2D eigenvalue weighted by atomic mass is 10.00. The molecule has 2 rings (SSSR count). The molecule has 1 aliphatic rings. The van der Waals surface area contributed by atoms with E-state index in [-0.39, 0.29) is 0 Å². The van der Waals surface area contributed by atoms with Crippen molar-refractivity contribution in [3.05, 3.63) is 18.0 Å². The van der Waals surface area contributed by atoms with Gasteiger partial charge in [0.25, 0.3) is 0 Å². The summed E-state index contributed by atoms with van der Waals surface area (Å²) in [6, 6.07) is 3.34. The number of hydrogen-bond donors (Lipinski definition) is 1. The molecule has 2 heterocycles. The molecule has 1 aromatic rings. The molecule has 0 spiro atoms. The summed E-state index contributed by atoms with van der Waals surface area (Å²) in [5, 5.41) is 8.13. The summed E-state index contributed by atoms with van der Waals surface area (Å²) in [7, 11) is 1.98. The molecule has 1 aliphatic heterocycles. The molecular formula is C14H26N4. The number of piperazine rings is 1. The van der Waals surface area contributed by atoms with Gasteiger partial charge in [0, 0.05) is 45.0 Å². The highest BCUT2D eigenvalue weighted by molar-refractivity contribution is 5.00. The Morgan fingerprint density at radius 2 is 2.28 bits per heavy atom. The van der Waals surface area contributed by atoms with Crippen molar-refractivity contribution in [2.24, 2.45) is 13.0 Å². The summed E-state index contributed by atoms with van der Waals surface area (Å²) in [5.41, 5.74) is 1.18. The Morgan fingerprint density at radius 3 is 2.89 bits per heavy atom. The van der Waals surface area contributed by atoms with Gasteiger partial charge in [-0.3, -0.25) is 9.58 Å². The van der Waals surface area contributed by atoms with E-state index in [9.17, 15) is 0 Å². The molecule has 1 fully saturated rings. The van der Waals surface area contributed by atoms with Gasteiger partial charge in [-0.05, 0) is 25.3 Å². The minimum Gasteiger partial charge on any atom is -0.311 e. The second-order valence-corrected chi connectivity index (χ2v) is 5.99. The lowest BCUT2D eigenvalue weighted by molar-refractivity contribution is 0.123. The van der Waals surface area contributed by atoms with E-state index in [0.29, 0.717) is 12.1 Å². The van der Waals surface area contributed by atoms with Crippen molar-refractivity contribution in [3.8, 4) is 0 Å². The van der Waals surface area contributed by atoms with E-state index in [0.717, 1.165) is 25.6 Å². The number of nitrogens with one attached hydrogen (secondary N) is 1. The van der Waals surface area contributed by atoms with Crippen LogP contribution in [-0.4, -0.2) is 39.9 Å². The van der Waals surface area contributed by atoms with E-state index < -0.39 is 0 Å². The number of aryl methyl sites for hydroxylation is 1. The lowest BCUT2D eigenvalue weighted by Gasteiger charge is -2.39. The molecule has 1 saturated heterocycles. The molecule has 0 radical (unpaired) electrons. The number of nitrogens with zero attached hydrogens (tertiary/aromatic N) is 3. The normalized spacial score (nSPS) is 25.8. The van der Waals surface area contributed by atoms with Crippen LogP contribution in [0.2, 0.25) is 0 Å². The van der Waals surface area contributed by atoms with Crippen LogP contribution in [-0.2, 0) is 13.6 Å². The van der Waals surface area contributed by atoms with E-state index in [1.54, 1.807) is 0 Å². The maximum absolute atomic E-state index is 4.48. The largest absolute Gasteiger partial charge is 0.311 e. The molecule has 18 heavy (non-hydrogen) atoms. The fraction of sp³-hybridized carbons (Fsp3) is 0.786. The van der Waals surface area contributed by atoms with E-state index in [1.807, 2.05) is 17.9 Å². The highest BCUT2D eigenvalue weighted by Gasteiger charge is 2.25. The molecule has 4 nitrogen and oxygen atoms in total. The summed E-state index contributed by atoms with van der Waals surface area (Å²) in [6.07, 6.45) is 3.28. The molecular weight excluding hydrogens is 224 g/mol. The molecule has 102 valence electrons. The van der Waals surface area contributed by atoms with Crippen LogP contribution < -0.4 is 5.32 Å². The first-order valence-electron chi connectivity index (χ1n) is 7.00. The van der Waals surface area contributed by atoms with Crippen LogP contribution in [0.25, 0.3) is 0 Å². The first-order valence-corrected chi connectivity index (χ1v) is 7.00. The summed E-state index contributed by atoms with van der Waals surface area (Å²) in [4.78, 5) is 2.55. The molecule has 0 bridgehead atoms. The molecule has 1 aromatic heterocycles. The van der Waals surface area contributed by atoms with Crippen molar-refractivity contribution in [1.29, 1.82) is 0 Å². The highest BCUT2D eigenvalue weighted by Crippen LogP contribution is 2.15. The third-order valence-corrected chi connectivity index (χ3v) is 3.67. The average molecular weight is 250 g/mol. The first-order chi connectivity index (χ1) is 8.54. The molecule has 0 amide bonds. The van der Waals surface area contributed by atoms with Crippen molar-refractivity contribution in [1.82, 2.24) is 20.0 Å². The van der Waals surface area contributed by atoms with Gasteiger partial charge in [0.15, 0.2) is 0 Å². The van der Waals surface area contributed by atoms with Crippen LogP contribution in [0.3, 0.4) is 0 Å². The van der Waals surface area contributed by atoms with Gasteiger partial charge in [-0.1, -0.05) is 13.8 Å². The molecule has 0 aliphatic carbocycles. The van der Waals surface area contributed by atoms with Gasteiger partial charge in [0.1, 0.15) is 0 Å². The van der Waals surface area contributed by atoms with Crippen molar-refractivity contribution in [2.45, 2.75) is 45.8 Å². The summed E-state index contributed by atoms with van der Waals surface area (Å²) >= 11 is 0. The van der Waals surface area contributed by atoms with Crippen LogP contribution in [0.15, 0.2) is 12.3 Å². The Kier molecular flexibility index (Phi) is 4.40. The zero-order valence-corrected chi connectivity index (χ0v) is 12.1. The number of rotatable bonds is 4. The van der Waals surface area contributed by atoms with Gasteiger partial charge < -0.3 is 5.32 Å². The van der Waals surface area contributed by atoms with Crippen molar-refractivity contribution in [3.63, 3.8) is 0 Å². The fourth-order valence-electron chi connectivity index (χ4n) is 2.70. The van der Waals surface area contributed by atoms with E-state index in [2.05, 4.69) is 42.2 Å². The number of hydrogen-bond acceptors (Lipinski definition) is 3. The van der Waals surface area contributed by atoms with Crippen LogP contribution in [0.5, 0.6) is 0 Å². The lowest BCUT2D eigenvalue weighted by Crippen LogP contribution is -2.55. The van der Waals surface area contributed by atoms with Crippen molar-refractivity contribution >= 4 is 0 Å². The molecule has 2 atom stereocenters. The Labute approximate surface area is 110 Å². The zero-order valence-electron chi connectivity index (χ0n) is 12.1. The smallest absolute Gasteiger partial charge is 0.0764 e. The Hall–Kier alpha value is -0.870. The predicted octanol–water partition coefficient (Wildman–Crippen LogP) is 1.63. The van der Waals surface area contributed by atoms with Crippen LogP contribution in [0.4, 0.5) is 0 Å². The summed E-state index contributed by atoms with van der Waals surface area (Å²) in [5.74, 6) is 0.757. The van der Waals surface area contributed by atoms with Crippen LogP contribution >= 0.6 is 0 Å². The van der Waals surface area contributed by atoms with Crippen LogP contribution in [0.1, 0.15) is 32.9 Å². The average Bonchev–Trinajstić information content (AvgIpc) is 2.68. The van der Waals surface area contributed by atoms with Gasteiger partial charge in [0.05, 0.1) is 5.69 Å². The molecule has 4 heteroatoms. The van der Waals surface area contributed by atoms with Crippen molar-refractivity contribution in [2.75, 3.05) is 13.1 Å². The maximum atomic E-state index is 4.48. The molecule has 1 N–H and O–H groups in total. The quantitative estimate of drug-likeness (QED) is 0.881. The first kappa shape index (κ1) is 13.6. The molecule has 2 unspecified atom stereocenters. The minimum atomic E-state index is 0.593. The third-order valence-electron chi connectivity index (χ3n) is 3.67. The Morgan fingerprint density at radius 1 is 1.50 bits per heavy atom. The van der Waals surface area contributed by atoms with Gasteiger partial charge in [-0.15, -0.1) is 0 Å². The maximum Gasteiger partial charge on any atom is 0.0764 e. The minimum absolute atomic E-state index is 0.593. The standard InChI is InChI=1S/C14H26N4/c1-11(2)7-14-10-18(12(3)8-15-14)9-13-5-6-17(4)16-13/h5-6,11-12,14-15H,7-10H2,1-4H3. The zero-order chi connectivity index (χ0) is 13.1. The summed E-state index contributed by atoms with van der Waals surface area (Å²) < 4.78 is 1.88. The second-order valence-electron chi connectivity index (χ2n) is 5.99. The second kappa shape index (κ2) is 5.85. The number of aromatic nitrogens is 2.